The molecule has 0 aromatic carbocycles. The molecule has 254 valence electrons. The molecule has 0 rings (SSSR count). The van der Waals surface area contributed by atoms with Crippen LogP contribution in [0.15, 0.2) is 0 Å². The molecule has 0 saturated carbocycles. The maximum absolute atomic E-state index is 11.9. The van der Waals surface area contributed by atoms with E-state index in [0.29, 0.717) is 13.2 Å². The molecule has 0 aliphatic rings. The van der Waals surface area contributed by atoms with Gasteiger partial charge in [-0.1, -0.05) is 194 Å². The molecule has 0 spiro atoms. The summed E-state index contributed by atoms with van der Waals surface area (Å²) < 4.78 is 10.6. The number of ether oxygens (including phenoxy) is 2. The van der Waals surface area contributed by atoms with Gasteiger partial charge in [-0.3, -0.25) is 9.59 Å². The van der Waals surface area contributed by atoms with Crippen LogP contribution in [0, 0.1) is 0 Å². The predicted molar refractivity (Wildman–Crippen MR) is 183 cm³/mol. The van der Waals surface area contributed by atoms with E-state index in [1.807, 2.05) is 0 Å². The van der Waals surface area contributed by atoms with Gasteiger partial charge in [0.2, 0.25) is 0 Å². The van der Waals surface area contributed by atoms with E-state index in [1.165, 1.54) is 167 Å². The van der Waals surface area contributed by atoms with Gasteiger partial charge in [0.15, 0.2) is 0 Å². The molecule has 0 aromatic heterocycles. The fourth-order valence-corrected chi connectivity index (χ4v) is 5.67. The van der Waals surface area contributed by atoms with E-state index in [9.17, 15) is 9.59 Å². The van der Waals surface area contributed by atoms with E-state index in [2.05, 4.69) is 13.8 Å². The third-order valence-electron chi connectivity index (χ3n) is 8.56. The largest absolute Gasteiger partial charge is 1.00 e. The van der Waals surface area contributed by atoms with Crippen LogP contribution < -0.4 is 103 Å². The maximum atomic E-state index is 11.9. The van der Waals surface area contributed by atoms with E-state index in [-0.39, 0.29) is 130 Å². The summed E-state index contributed by atoms with van der Waals surface area (Å²) >= 11 is 0. The summed E-state index contributed by atoms with van der Waals surface area (Å²) in [4.78, 5) is 23.8. The molecule has 0 saturated heterocycles. The number of unbranched alkanes of at least 4 members (excludes halogenated alkanes) is 28. The monoisotopic (exact) mass is 675 g/mol. The van der Waals surface area contributed by atoms with Crippen LogP contribution >= 0.6 is 0 Å². The van der Waals surface area contributed by atoms with Crippen molar-refractivity contribution in [2.45, 2.75) is 219 Å². The average molecular weight is 675 g/mol. The van der Waals surface area contributed by atoms with Crippen LogP contribution in [0.5, 0.6) is 0 Å². The summed E-state index contributed by atoms with van der Waals surface area (Å²) in [5.74, 6) is -0.548. The van der Waals surface area contributed by atoms with Crippen LogP contribution in [0.4, 0.5) is 0 Å². The second-order valence-corrected chi connectivity index (χ2v) is 12.8. The molecule has 0 atom stereocenters. The first kappa shape index (κ1) is 50.6. The van der Waals surface area contributed by atoms with E-state index in [1.54, 1.807) is 0 Å². The fourth-order valence-electron chi connectivity index (χ4n) is 5.67. The molecule has 0 N–H and O–H groups in total. The molecule has 0 aliphatic carbocycles. The van der Waals surface area contributed by atoms with Crippen LogP contribution in [0.25, 0.3) is 0 Å². The normalized spacial score (nSPS) is 10.7. The van der Waals surface area contributed by atoms with Crippen LogP contribution in [-0.2, 0) is 19.1 Å². The van der Waals surface area contributed by atoms with Crippen LogP contribution in [-0.4, -0.2) is 25.2 Å². The molecule has 0 unspecified atom stereocenters. The minimum atomic E-state index is -0.274. The molecule has 4 nitrogen and oxygen atoms in total. The topological polar surface area (TPSA) is 52.6 Å². The summed E-state index contributed by atoms with van der Waals surface area (Å²) in [7, 11) is 0. The van der Waals surface area contributed by atoms with Gasteiger partial charge < -0.3 is 12.3 Å². The summed E-state index contributed by atoms with van der Waals surface area (Å²) in [6.45, 7) is 5.51. The van der Waals surface area contributed by atoms with Gasteiger partial charge in [0.1, 0.15) is 0 Å². The Morgan fingerprint density at radius 1 is 0.341 bits per heavy atom. The van der Waals surface area contributed by atoms with Gasteiger partial charge in [0.25, 0.3) is 0 Å². The van der Waals surface area contributed by atoms with Crippen molar-refractivity contribution in [2.24, 2.45) is 0 Å². The standard InChI is InChI=1S/C38H74O4.2K.2H/c1-3-5-7-9-11-13-15-17-19-21-23-25-27-29-31-35-41-37(39)33-34-38(40)42-36-32-30-28-26-24-22-20-18-16-14-12-10-8-6-4-2;;;;/h3-36H2,1-2H3;;;;/q;2*+1;2*-1. The van der Waals surface area contributed by atoms with Crippen LogP contribution in [0.1, 0.15) is 222 Å². The van der Waals surface area contributed by atoms with Crippen molar-refractivity contribution in [3.63, 3.8) is 0 Å². The van der Waals surface area contributed by atoms with E-state index >= 15 is 0 Å². The van der Waals surface area contributed by atoms with Gasteiger partial charge in [-0.15, -0.1) is 0 Å². The van der Waals surface area contributed by atoms with Gasteiger partial charge in [-0.05, 0) is 12.8 Å². The summed E-state index contributed by atoms with van der Waals surface area (Å²) in [5, 5.41) is 0. The van der Waals surface area contributed by atoms with Gasteiger partial charge >= 0.3 is 115 Å². The van der Waals surface area contributed by atoms with Crippen molar-refractivity contribution in [3.8, 4) is 0 Å². The molecule has 0 radical (unpaired) electrons. The Labute approximate surface area is 364 Å². The Morgan fingerprint density at radius 3 is 0.727 bits per heavy atom. The molecular formula is C38H76K2O4. The number of hydrogen-bond acceptors (Lipinski definition) is 4. The van der Waals surface area contributed by atoms with Gasteiger partial charge in [-0.2, -0.15) is 0 Å². The van der Waals surface area contributed by atoms with Gasteiger partial charge in [0, 0.05) is 0 Å². The quantitative estimate of drug-likeness (QED) is 0.0420. The number of carbonyl (C=O) groups excluding carboxylic acids is 2. The molecule has 0 aromatic rings. The SMILES string of the molecule is CCCCCCCCCCCCCCCCCOC(=O)CCC(=O)OCCCCCCCCCCCCCCCCC.[H-].[H-].[K+].[K+]. The van der Waals surface area contributed by atoms with Crippen LogP contribution in [0.3, 0.4) is 0 Å². The van der Waals surface area contributed by atoms with Gasteiger partial charge in [0.05, 0.1) is 26.1 Å². The number of hydrogen-bond donors (Lipinski definition) is 0. The average Bonchev–Trinajstić information content (AvgIpc) is 2.99. The number of rotatable bonds is 35. The maximum Gasteiger partial charge on any atom is 1.00 e. The molecule has 0 bridgehead atoms. The fraction of sp³-hybridized carbons (Fsp3) is 0.947. The molecule has 0 aliphatic heterocycles. The van der Waals surface area contributed by atoms with E-state index in [0.717, 1.165) is 25.7 Å². The van der Waals surface area contributed by atoms with Crippen molar-refractivity contribution in [2.75, 3.05) is 13.2 Å². The van der Waals surface area contributed by atoms with Crippen molar-refractivity contribution in [1.82, 2.24) is 0 Å². The summed E-state index contributed by atoms with van der Waals surface area (Å²) in [6.07, 6.45) is 40.0. The van der Waals surface area contributed by atoms with Crippen molar-refractivity contribution in [3.05, 3.63) is 0 Å². The second kappa shape index (κ2) is 45.2. The van der Waals surface area contributed by atoms with E-state index < -0.39 is 0 Å². The summed E-state index contributed by atoms with van der Waals surface area (Å²) in [5.41, 5.74) is 0. The van der Waals surface area contributed by atoms with Crippen molar-refractivity contribution >= 4 is 11.9 Å². The zero-order valence-corrected chi connectivity index (χ0v) is 36.9. The zero-order valence-electron chi connectivity index (χ0n) is 32.7. The molecule has 0 heterocycles. The molecule has 0 amide bonds. The predicted octanol–water partition coefficient (Wildman–Crippen LogP) is 6.83. The second-order valence-electron chi connectivity index (χ2n) is 12.8. The third kappa shape index (κ3) is 44.2. The van der Waals surface area contributed by atoms with Crippen molar-refractivity contribution in [1.29, 1.82) is 0 Å². The Bertz CT molecular complexity index is 523. The van der Waals surface area contributed by atoms with Gasteiger partial charge in [-0.25, -0.2) is 0 Å². The first-order chi connectivity index (χ1) is 20.7. The summed E-state index contributed by atoms with van der Waals surface area (Å²) in [6, 6.07) is 0. The first-order valence-electron chi connectivity index (χ1n) is 19.0. The third-order valence-corrected chi connectivity index (χ3v) is 8.56. The van der Waals surface area contributed by atoms with Crippen molar-refractivity contribution < 1.29 is 125 Å². The zero-order chi connectivity index (χ0) is 30.6. The minimum absolute atomic E-state index is 0. The molecular weight excluding hydrogens is 599 g/mol. The molecule has 6 heteroatoms. The first-order valence-corrected chi connectivity index (χ1v) is 19.0. The Balaban J connectivity index is -0.00000140. The van der Waals surface area contributed by atoms with E-state index in [4.69, 9.17) is 9.47 Å². The number of carbonyl (C=O) groups is 2. The number of esters is 2. The Kier molecular flexibility index (Phi) is 52.0. The Hall–Kier alpha value is 2.21. The smallest absolute Gasteiger partial charge is 1.00 e. The Morgan fingerprint density at radius 2 is 0.523 bits per heavy atom. The minimum Gasteiger partial charge on any atom is -1.00 e. The molecule has 0 fully saturated rings. The molecule has 44 heavy (non-hydrogen) atoms. The van der Waals surface area contributed by atoms with Crippen LogP contribution in [0.2, 0.25) is 0 Å².